The molecule has 0 bridgehead atoms. The number of sulfonamides is 1. The summed E-state index contributed by atoms with van der Waals surface area (Å²) >= 11 is 0. The lowest BCUT2D eigenvalue weighted by Crippen LogP contribution is -2.50. The summed E-state index contributed by atoms with van der Waals surface area (Å²) in [7, 11) is -3.06. The summed E-state index contributed by atoms with van der Waals surface area (Å²) < 4.78 is 30.6. The van der Waals surface area contributed by atoms with Gasteiger partial charge in [-0.2, -0.15) is 4.31 Å². The largest absolute Gasteiger partial charge is 0.375 e. The van der Waals surface area contributed by atoms with Crippen LogP contribution in [-0.2, 0) is 14.8 Å². The number of nitrogens with zero attached hydrogens (tertiary/aromatic N) is 1. The maximum atomic E-state index is 11.8. The highest BCUT2D eigenvalue weighted by molar-refractivity contribution is 7.89. The van der Waals surface area contributed by atoms with Crippen molar-refractivity contribution in [2.75, 3.05) is 18.9 Å². The minimum absolute atomic E-state index is 0.0119. The predicted octanol–water partition coefficient (Wildman–Crippen LogP) is 0.835. The Morgan fingerprint density at radius 1 is 1.43 bits per heavy atom. The molecule has 0 radical (unpaired) electrons. The van der Waals surface area contributed by atoms with E-state index >= 15 is 0 Å². The number of ether oxygens (including phenoxy) is 1. The van der Waals surface area contributed by atoms with Gasteiger partial charge in [0, 0.05) is 12.6 Å². The van der Waals surface area contributed by atoms with Gasteiger partial charge in [0.05, 0.1) is 18.5 Å². The van der Waals surface area contributed by atoms with E-state index in [1.54, 1.807) is 4.31 Å². The Hall–Kier alpha value is -0.130. The van der Waals surface area contributed by atoms with Crippen molar-refractivity contribution in [3.63, 3.8) is 0 Å². The number of hydrogen-bond donors (Lipinski definition) is 0. The second-order valence-corrected chi connectivity index (χ2v) is 5.92. The average Bonchev–Trinajstić information content (AvgIpc) is 2.09. The first kappa shape index (κ1) is 11.9. The van der Waals surface area contributed by atoms with Crippen molar-refractivity contribution in [2.24, 2.45) is 0 Å². The maximum absolute atomic E-state index is 11.8. The SMILES string of the molecule is CCCS(=O)(=O)N1CC(C)OCC1C. The van der Waals surface area contributed by atoms with Gasteiger partial charge in [0.15, 0.2) is 0 Å². The van der Waals surface area contributed by atoms with Crippen LogP contribution in [0.1, 0.15) is 27.2 Å². The van der Waals surface area contributed by atoms with Crippen molar-refractivity contribution in [3.8, 4) is 0 Å². The highest BCUT2D eigenvalue weighted by atomic mass is 32.2. The van der Waals surface area contributed by atoms with Crippen molar-refractivity contribution in [3.05, 3.63) is 0 Å². The lowest BCUT2D eigenvalue weighted by atomic mass is 10.2. The minimum atomic E-state index is -3.06. The standard InChI is InChI=1S/C9H19NO3S/c1-4-5-14(11,12)10-6-9(3)13-7-8(10)2/h8-9H,4-7H2,1-3H3. The van der Waals surface area contributed by atoms with Gasteiger partial charge in [-0.25, -0.2) is 8.42 Å². The zero-order valence-electron chi connectivity index (χ0n) is 9.06. The fourth-order valence-corrected chi connectivity index (χ4v) is 3.43. The summed E-state index contributed by atoms with van der Waals surface area (Å²) in [6.45, 7) is 6.67. The van der Waals surface area contributed by atoms with Gasteiger partial charge in [-0.15, -0.1) is 0 Å². The van der Waals surface area contributed by atoms with Crippen molar-refractivity contribution in [2.45, 2.75) is 39.3 Å². The van der Waals surface area contributed by atoms with Crippen molar-refractivity contribution >= 4 is 10.0 Å². The lowest BCUT2D eigenvalue weighted by Gasteiger charge is -2.35. The first-order valence-electron chi connectivity index (χ1n) is 5.08. The molecule has 84 valence electrons. The van der Waals surface area contributed by atoms with E-state index in [0.717, 1.165) is 0 Å². The molecule has 0 saturated carbocycles. The summed E-state index contributed by atoms with van der Waals surface area (Å²) in [5, 5.41) is 0. The van der Waals surface area contributed by atoms with Crippen LogP contribution in [0, 0.1) is 0 Å². The molecule has 14 heavy (non-hydrogen) atoms. The van der Waals surface area contributed by atoms with Crippen molar-refractivity contribution in [1.29, 1.82) is 0 Å². The van der Waals surface area contributed by atoms with Crippen LogP contribution in [0.3, 0.4) is 0 Å². The summed E-state index contributed by atoms with van der Waals surface area (Å²) in [6.07, 6.45) is 0.679. The minimum Gasteiger partial charge on any atom is -0.375 e. The third-order valence-corrected chi connectivity index (χ3v) is 4.52. The van der Waals surface area contributed by atoms with Gasteiger partial charge in [0.1, 0.15) is 0 Å². The average molecular weight is 221 g/mol. The fourth-order valence-electron chi connectivity index (χ4n) is 1.64. The molecule has 0 amide bonds. The first-order chi connectivity index (χ1) is 6.47. The molecular formula is C9H19NO3S. The Bertz CT molecular complexity index is 276. The molecule has 1 saturated heterocycles. The Balaban J connectivity index is 2.74. The van der Waals surface area contributed by atoms with Gasteiger partial charge in [-0.05, 0) is 20.3 Å². The molecule has 0 aromatic heterocycles. The topological polar surface area (TPSA) is 46.6 Å². The van der Waals surface area contributed by atoms with Gasteiger partial charge in [-0.3, -0.25) is 0 Å². The summed E-state index contributed by atoms with van der Waals surface area (Å²) in [5.41, 5.74) is 0. The molecule has 0 N–H and O–H groups in total. The highest BCUT2D eigenvalue weighted by Gasteiger charge is 2.31. The van der Waals surface area contributed by atoms with E-state index in [0.29, 0.717) is 19.6 Å². The molecular weight excluding hydrogens is 202 g/mol. The molecule has 0 aromatic carbocycles. The molecule has 5 heteroatoms. The highest BCUT2D eigenvalue weighted by Crippen LogP contribution is 2.16. The van der Waals surface area contributed by atoms with Crippen LogP contribution in [0.4, 0.5) is 0 Å². The van der Waals surface area contributed by atoms with E-state index in [-0.39, 0.29) is 17.9 Å². The molecule has 1 heterocycles. The van der Waals surface area contributed by atoms with Gasteiger partial charge in [0.25, 0.3) is 0 Å². The molecule has 1 aliphatic heterocycles. The van der Waals surface area contributed by atoms with Crippen LogP contribution in [0.15, 0.2) is 0 Å². The lowest BCUT2D eigenvalue weighted by molar-refractivity contribution is -0.0170. The van der Waals surface area contributed by atoms with Crippen LogP contribution in [-0.4, -0.2) is 43.8 Å². The Labute approximate surface area is 86.3 Å². The van der Waals surface area contributed by atoms with E-state index in [2.05, 4.69) is 0 Å². The summed E-state index contributed by atoms with van der Waals surface area (Å²) in [6, 6.07) is -0.0252. The second-order valence-electron chi connectivity index (χ2n) is 3.88. The molecule has 2 unspecified atom stereocenters. The zero-order chi connectivity index (χ0) is 10.8. The van der Waals surface area contributed by atoms with E-state index in [1.165, 1.54) is 0 Å². The van der Waals surface area contributed by atoms with Gasteiger partial charge in [-0.1, -0.05) is 6.92 Å². The van der Waals surface area contributed by atoms with Gasteiger partial charge < -0.3 is 4.74 Å². The number of morpholine rings is 1. The Kier molecular flexibility index (Phi) is 3.92. The number of hydrogen-bond acceptors (Lipinski definition) is 3. The van der Waals surface area contributed by atoms with Gasteiger partial charge in [0.2, 0.25) is 10.0 Å². The normalized spacial score (nSPS) is 30.5. The third-order valence-electron chi connectivity index (χ3n) is 2.37. The number of rotatable bonds is 3. The molecule has 4 nitrogen and oxygen atoms in total. The molecule has 0 spiro atoms. The van der Waals surface area contributed by atoms with E-state index in [4.69, 9.17) is 4.74 Å². The third kappa shape index (κ3) is 2.68. The van der Waals surface area contributed by atoms with E-state index in [1.807, 2.05) is 20.8 Å². The summed E-state index contributed by atoms with van der Waals surface area (Å²) in [4.78, 5) is 0. The quantitative estimate of drug-likeness (QED) is 0.709. The van der Waals surface area contributed by atoms with Crippen LogP contribution < -0.4 is 0 Å². The molecule has 2 atom stereocenters. The molecule has 1 rings (SSSR count). The molecule has 0 aromatic rings. The van der Waals surface area contributed by atoms with Crippen molar-refractivity contribution in [1.82, 2.24) is 4.31 Å². The first-order valence-corrected chi connectivity index (χ1v) is 6.69. The molecule has 1 aliphatic rings. The van der Waals surface area contributed by atoms with E-state index < -0.39 is 10.0 Å². The monoisotopic (exact) mass is 221 g/mol. The van der Waals surface area contributed by atoms with Crippen molar-refractivity contribution < 1.29 is 13.2 Å². The Morgan fingerprint density at radius 2 is 2.07 bits per heavy atom. The van der Waals surface area contributed by atoms with Crippen LogP contribution in [0.2, 0.25) is 0 Å². The molecule has 0 aliphatic carbocycles. The van der Waals surface area contributed by atoms with Crippen LogP contribution in [0.25, 0.3) is 0 Å². The predicted molar refractivity (Wildman–Crippen MR) is 55.7 cm³/mol. The smallest absolute Gasteiger partial charge is 0.214 e. The maximum Gasteiger partial charge on any atom is 0.214 e. The Morgan fingerprint density at radius 3 is 2.64 bits per heavy atom. The van der Waals surface area contributed by atoms with Crippen LogP contribution >= 0.6 is 0 Å². The zero-order valence-corrected chi connectivity index (χ0v) is 9.88. The second kappa shape index (κ2) is 4.59. The van der Waals surface area contributed by atoms with Crippen LogP contribution in [0.5, 0.6) is 0 Å². The fraction of sp³-hybridized carbons (Fsp3) is 1.00. The summed E-state index contributed by atoms with van der Waals surface area (Å²) in [5.74, 6) is 0.240. The van der Waals surface area contributed by atoms with Gasteiger partial charge >= 0.3 is 0 Å². The molecule has 1 fully saturated rings. The van der Waals surface area contributed by atoms with E-state index in [9.17, 15) is 8.42 Å².